The number of hydrogen-bond donors (Lipinski definition) is 2. The van der Waals surface area contributed by atoms with Gasteiger partial charge in [0.1, 0.15) is 10.9 Å². The van der Waals surface area contributed by atoms with Crippen LogP contribution < -0.4 is 10.9 Å². The quantitative estimate of drug-likeness (QED) is 0.912. The van der Waals surface area contributed by atoms with Crippen molar-refractivity contribution in [2.24, 2.45) is 5.92 Å². The lowest BCUT2D eigenvalue weighted by molar-refractivity contribution is -0.720. The predicted molar refractivity (Wildman–Crippen MR) is 86.9 cm³/mol. The minimum atomic E-state index is 0.0473. The van der Waals surface area contributed by atoms with Crippen LogP contribution in [0, 0.1) is 5.92 Å². The van der Waals surface area contributed by atoms with E-state index in [1.165, 1.54) is 16.9 Å². The monoisotopic (exact) mass is 306 g/mol. The van der Waals surface area contributed by atoms with Crippen molar-refractivity contribution in [3.8, 4) is 0 Å². The molecule has 1 aliphatic carbocycles. The average molecular weight is 306 g/mol. The van der Waals surface area contributed by atoms with E-state index >= 15 is 0 Å². The van der Waals surface area contributed by atoms with Crippen molar-refractivity contribution in [3.63, 3.8) is 0 Å². The van der Waals surface area contributed by atoms with Gasteiger partial charge in [-0.3, -0.25) is 4.79 Å². The molecule has 3 N–H and O–H groups in total. The molecule has 2 atom stereocenters. The average Bonchev–Trinajstić information content (AvgIpc) is 2.75. The molecule has 21 heavy (non-hydrogen) atoms. The molecule has 2 heterocycles. The summed E-state index contributed by atoms with van der Waals surface area (Å²) in [5.74, 6) is 1.52. The van der Waals surface area contributed by atoms with Crippen LogP contribution in [0.3, 0.4) is 0 Å². The van der Waals surface area contributed by atoms with Crippen LogP contribution in [-0.2, 0) is 12.8 Å². The molecule has 0 bridgehead atoms. The van der Waals surface area contributed by atoms with Gasteiger partial charge in [-0.15, -0.1) is 11.3 Å². The van der Waals surface area contributed by atoms with Crippen LogP contribution in [0.1, 0.15) is 56.4 Å². The van der Waals surface area contributed by atoms with Gasteiger partial charge >= 0.3 is 0 Å². The fourth-order valence-electron chi connectivity index (χ4n) is 3.25. The van der Waals surface area contributed by atoms with Crippen LogP contribution in [-0.4, -0.2) is 16.0 Å². The lowest BCUT2D eigenvalue weighted by atomic mass is 9.89. The third-order valence-corrected chi connectivity index (χ3v) is 5.44. The van der Waals surface area contributed by atoms with Crippen LogP contribution in [0.4, 0.5) is 0 Å². The van der Waals surface area contributed by atoms with Gasteiger partial charge in [-0.25, -0.2) is 4.98 Å². The molecule has 4 nitrogen and oxygen atoms in total. The Morgan fingerprint density at radius 2 is 2.14 bits per heavy atom. The summed E-state index contributed by atoms with van der Waals surface area (Å²) in [4.78, 5) is 22.6. The maximum absolute atomic E-state index is 12.5. The number of fused-ring (bicyclic) bond motifs is 3. The van der Waals surface area contributed by atoms with Crippen molar-refractivity contribution in [2.45, 2.75) is 59.0 Å². The van der Waals surface area contributed by atoms with Gasteiger partial charge in [0.25, 0.3) is 5.56 Å². The Hall–Kier alpha value is -1.20. The summed E-state index contributed by atoms with van der Waals surface area (Å²) in [6.45, 7) is 8.69. The predicted octanol–water partition coefficient (Wildman–Crippen LogP) is 2.14. The highest BCUT2D eigenvalue weighted by Gasteiger charge is 2.24. The molecule has 5 heteroatoms. The molecule has 1 aliphatic rings. The summed E-state index contributed by atoms with van der Waals surface area (Å²) in [6, 6.07) is 0.665. The van der Waals surface area contributed by atoms with E-state index in [0.29, 0.717) is 6.04 Å². The molecular weight excluding hydrogens is 282 g/mol. The Labute approximate surface area is 129 Å². The third kappa shape index (κ3) is 2.77. The zero-order chi connectivity index (χ0) is 15.1. The van der Waals surface area contributed by atoms with E-state index in [0.717, 1.165) is 34.8 Å². The summed E-state index contributed by atoms with van der Waals surface area (Å²) in [5, 5.41) is 3.07. The van der Waals surface area contributed by atoms with E-state index in [1.54, 1.807) is 11.3 Å². The van der Waals surface area contributed by atoms with E-state index in [-0.39, 0.29) is 11.6 Å². The number of hydrogen-bond acceptors (Lipinski definition) is 3. The summed E-state index contributed by atoms with van der Waals surface area (Å²) in [7, 11) is 0. The number of nitrogens with one attached hydrogen (secondary N) is 1. The minimum Gasteiger partial charge on any atom is -0.336 e. The first kappa shape index (κ1) is 14.7. The molecule has 0 amide bonds. The molecule has 0 fully saturated rings. The summed E-state index contributed by atoms with van der Waals surface area (Å²) < 4.78 is 0. The highest BCUT2D eigenvalue weighted by Crippen LogP contribution is 2.35. The molecular formula is C16H24N3OS+. The second-order valence-corrected chi connectivity index (χ2v) is 7.79. The van der Waals surface area contributed by atoms with E-state index in [1.807, 2.05) is 0 Å². The molecule has 3 rings (SSSR count). The van der Waals surface area contributed by atoms with Crippen molar-refractivity contribution in [1.29, 1.82) is 0 Å². The van der Waals surface area contributed by atoms with Crippen molar-refractivity contribution in [3.05, 3.63) is 26.6 Å². The van der Waals surface area contributed by atoms with Crippen molar-refractivity contribution < 1.29 is 5.32 Å². The molecule has 0 aromatic carbocycles. The first-order chi connectivity index (χ1) is 9.95. The number of nitrogens with two attached hydrogens (primary N) is 1. The van der Waals surface area contributed by atoms with Crippen LogP contribution >= 0.6 is 11.3 Å². The first-order valence-corrected chi connectivity index (χ1v) is 8.66. The lowest BCUT2D eigenvalue weighted by Crippen LogP contribution is -2.89. The molecule has 0 radical (unpaired) electrons. The van der Waals surface area contributed by atoms with E-state index in [4.69, 9.17) is 4.98 Å². The number of aryl methyl sites for hydroxylation is 1. The first-order valence-electron chi connectivity index (χ1n) is 7.85. The summed E-state index contributed by atoms with van der Waals surface area (Å²) in [5.41, 5.74) is 1.31. The summed E-state index contributed by atoms with van der Waals surface area (Å²) >= 11 is 1.72. The number of aromatic nitrogens is 2. The number of nitrogens with zero attached hydrogens (tertiary/aromatic N) is 1. The lowest BCUT2D eigenvalue weighted by Gasteiger charge is -2.17. The van der Waals surface area contributed by atoms with Crippen LogP contribution in [0.5, 0.6) is 0 Å². The van der Waals surface area contributed by atoms with Crippen LogP contribution in [0.2, 0.25) is 0 Å². The SMILES string of the molecule is CC(C)[NH2+][C@@H](C)c1nc2sc3c(c2c(=O)[nH]1)CC[C@H](C)C3. The minimum absolute atomic E-state index is 0.0473. The maximum Gasteiger partial charge on any atom is 0.260 e. The molecule has 2 aromatic heterocycles. The molecule has 0 spiro atoms. The number of thiophene rings is 1. The van der Waals surface area contributed by atoms with Gasteiger partial charge in [0, 0.05) is 4.88 Å². The van der Waals surface area contributed by atoms with Crippen molar-refractivity contribution >= 4 is 21.6 Å². The fraction of sp³-hybridized carbons (Fsp3) is 0.625. The molecule has 0 saturated heterocycles. The maximum atomic E-state index is 12.5. The fourth-order valence-corrected chi connectivity index (χ4v) is 4.64. The molecule has 2 aromatic rings. The summed E-state index contributed by atoms with van der Waals surface area (Å²) in [6.07, 6.45) is 3.30. The van der Waals surface area contributed by atoms with Gasteiger partial charge in [-0.05, 0) is 51.5 Å². The van der Waals surface area contributed by atoms with E-state index in [9.17, 15) is 4.79 Å². The highest BCUT2D eigenvalue weighted by atomic mass is 32.1. The Balaban J connectivity index is 2.07. The Kier molecular flexibility index (Phi) is 3.88. The zero-order valence-corrected chi connectivity index (χ0v) is 14.0. The van der Waals surface area contributed by atoms with Crippen molar-refractivity contribution in [1.82, 2.24) is 9.97 Å². The normalized spacial score (nSPS) is 20.0. The number of rotatable bonds is 3. The Bertz CT molecular complexity index is 716. The highest BCUT2D eigenvalue weighted by molar-refractivity contribution is 7.18. The molecule has 0 saturated carbocycles. The Morgan fingerprint density at radius 3 is 2.86 bits per heavy atom. The van der Waals surface area contributed by atoms with Gasteiger partial charge in [0.2, 0.25) is 0 Å². The number of aromatic amines is 1. The molecule has 0 unspecified atom stereocenters. The van der Waals surface area contributed by atoms with Crippen LogP contribution in [0.15, 0.2) is 4.79 Å². The number of quaternary nitrogens is 1. The van der Waals surface area contributed by atoms with E-state index in [2.05, 4.69) is 38.0 Å². The third-order valence-electron chi connectivity index (χ3n) is 4.29. The number of H-pyrrole nitrogens is 1. The van der Waals surface area contributed by atoms with Gasteiger partial charge in [0.15, 0.2) is 5.82 Å². The molecule has 114 valence electrons. The standard InChI is InChI=1S/C16H23N3OS/c1-8(2)17-10(4)14-18-15(20)13-11-6-5-9(3)7-12(11)21-16(13)19-14/h8-10,17H,5-7H2,1-4H3,(H,18,19,20)/p+1/t9-,10-/m0/s1. The zero-order valence-electron chi connectivity index (χ0n) is 13.2. The second kappa shape index (κ2) is 5.54. The largest absolute Gasteiger partial charge is 0.336 e. The smallest absolute Gasteiger partial charge is 0.260 e. The van der Waals surface area contributed by atoms with Gasteiger partial charge < -0.3 is 10.3 Å². The van der Waals surface area contributed by atoms with Crippen LogP contribution in [0.25, 0.3) is 10.2 Å². The van der Waals surface area contributed by atoms with Gasteiger partial charge in [0.05, 0.1) is 11.4 Å². The van der Waals surface area contributed by atoms with Gasteiger partial charge in [-0.2, -0.15) is 0 Å². The van der Waals surface area contributed by atoms with Crippen molar-refractivity contribution in [2.75, 3.05) is 0 Å². The Morgan fingerprint density at radius 1 is 1.38 bits per heavy atom. The van der Waals surface area contributed by atoms with Gasteiger partial charge in [-0.1, -0.05) is 6.92 Å². The van der Waals surface area contributed by atoms with E-state index < -0.39 is 0 Å². The molecule has 0 aliphatic heterocycles. The second-order valence-electron chi connectivity index (χ2n) is 6.71. The topological polar surface area (TPSA) is 62.4 Å².